The van der Waals surface area contributed by atoms with Gasteiger partial charge < -0.3 is 35.0 Å². The Labute approximate surface area is 166 Å². The first-order valence-electron chi connectivity index (χ1n) is 9.83. The second-order valence-corrected chi connectivity index (χ2v) is 8.46. The van der Waals surface area contributed by atoms with Crippen LogP contribution in [0, 0.1) is 6.92 Å². The highest BCUT2D eigenvalue weighted by Gasteiger charge is 2.44. The smallest absolute Gasteiger partial charge is 0.229 e. The Morgan fingerprint density at radius 3 is 2.43 bits per heavy atom. The third-order valence-electron chi connectivity index (χ3n) is 5.22. The topological polar surface area (TPSA) is 120 Å². The molecule has 7 heteroatoms. The first kappa shape index (κ1) is 23.1. The highest BCUT2D eigenvalue weighted by Crippen LogP contribution is 2.34. The Kier molecular flexibility index (Phi) is 7.84. The fraction of sp³-hybridized carbons (Fsp3) is 0.714. The van der Waals surface area contributed by atoms with E-state index in [0.717, 1.165) is 24.0 Å². The SMILES string of the molecule is Cc1ccc([C@@H](C)CCCC(C)(C)O)c(O[C@H]2O[C@H](CO)[C@@H](O)[C@H](O)[C@H]2O)c1. The Morgan fingerprint density at radius 1 is 1.14 bits per heavy atom. The van der Waals surface area contributed by atoms with Crippen molar-refractivity contribution in [1.82, 2.24) is 0 Å². The maximum Gasteiger partial charge on any atom is 0.229 e. The van der Waals surface area contributed by atoms with E-state index in [-0.39, 0.29) is 5.92 Å². The van der Waals surface area contributed by atoms with Crippen LogP contribution in [-0.4, -0.2) is 68.4 Å². The molecule has 0 radical (unpaired) electrons. The van der Waals surface area contributed by atoms with Crippen LogP contribution in [0.2, 0.25) is 0 Å². The summed E-state index contributed by atoms with van der Waals surface area (Å²) in [6.45, 7) is 7.06. The minimum atomic E-state index is -1.48. The molecule has 0 aliphatic carbocycles. The second kappa shape index (κ2) is 9.52. The highest BCUT2D eigenvalue weighted by atomic mass is 16.7. The van der Waals surface area contributed by atoms with Crippen molar-refractivity contribution < 1.29 is 35.0 Å². The average molecular weight is 398 g/mol. The molecule has 1 saturated heterocycles. The number of aliphatic hydroxyl groups is 5. The first-order chi connectivity index (χ1) is 13.0. The molecule has 0 unspecified atom stereocenters. The van der Waals surface area contributed by atoms with Crippen molar-refractivity contribution in [2.75, 3.05) is 6.61 Å². The molecule has 0 bridgehead atoms. The summed E-state index contributed by atoms with van der Waals surface area (Å²) in [5.74, 6) is 0.669. The second-order valence-electron chi connectivity index (χ2n) is 8.46. The van der Waals surface area contributed by atoms with E-state index in [2.05, 4.69) is 6.92 Å². The molecule has 1 aromatic carbocycles. The van der Waals surface area contributed by atoms with Crippen LogP contribution in [0.15, 0.2) is 18.2 Å². The van der Waals surface area contributed by atoms with Gasteiger partial charge in [-0.15, -0.1) is 0 Å². The van der Waals surface area contributed by atoms with Gasteiger partial charge in [-0.05, 0) is 56.7 Å². The van der Waals surface area contributed by atoms with Gasteiger partial charge in [0.2, 0.25) is 6.29 Å². The molecule has 1 aliphatic rings. The van der Waals surface area contributed by atoms with Crippen molar-refractivity contribution in [3.05, 3.63) is 29.3 Å². The number of hydrogen-bond acceptors (Lipinski definition) is 7. The minimum absolute atomic E-state index is 0.142. The zero-order chi connectivity index (χ0) is 21.1. The maximum absolute atomic E-state index is 10.2. The van der Waals surface area contributed by atoms with Crippen LogP contribution in [0.3, 0.4) is 0 Å². The van der Waals surface area contributed by atoms with Gasteiger partial charge in [0.1, 0.15) is 30.2 Å². The molecular formula is C21H34O7. The van der Waals surface area contributed by atoms with E-state index >= 15 is 0 Å². The fourth-order valence-corrected chi connectivity index (χ4v) is 3.44. The molecule has 1 aromatic rings. The molecule has 0 saturated carbocycles. The predicted molar refractivity (Wildman–Crippen MR) is 104 cm³/mol. The van der Waals surface area contributed by atoms with Crippen molar-refractivity contribution >= 4 is 0 Å². The third-order valence-corrected chi connectivity index (χ3v) is 5.22. The normalized spacial score (nSPS) is 29.5. The van der Waals surface area contributed by atoms with Crippen molar-refractivity contribution in [2.24, 2.45) is 0 Å². The molecule has 0 spiro atoms. The Bertz CT molecular complexity index is 626. The molecule has 1 aliphatic heterocycles. The van der Waals surface area contributed by atoms with E-state index in [0.29, 0.717) is 12.2 Å². The lowest BCUT2D eigenvalue weighted by Gasteiger charge is -2.40. The third kappa shape index (κ3) is 5.89. The van der Waals surface area contributed by atoms with Crippen LogP contribution in [0.5, 0.6) is 5.75 Å². The quantitative estimate of drug-likeness (QED) is 0.447. The standard InChI is InChI=1S/C21H34O7/c1-12-7-8-14(13(2)6-5-9-21(3,4)26)15(10-12)27-20-19(25)18(24)17(23)16(11-22)28-20/h7-8,10,13,16-20,22-26H,5-6,9,11H2,1-4H3/t13-,16+,17+,18-,19+,20-/m0/s1. The Hall–Kier alpha value is -1.22. The van der Waals surface area contributed by atoms with Crippen LogP contribution >= 0.6 is 0 Å². The number of aryl methyl sites for hydroxylation is 1. The van der Waals surface area contributed by atoms with Gasteiger partial charge in [-0.3, -0.25) is 0 Å². The van der Waals surface area contributed by atoms with Gasteiger partial charge in [-0.25, -0.2) is 0 Å². The Morgan fingerprint density at radius 2 is 1.82 bits per heavy atom. The van der Waals surface area contributed by atoms with Crippen LogP contribution in [0.1, 0.15) is 57.1 Å². The van der Waals surface area contributed by atoms with Gasteiger partial charge in [-0.2, -0.15) is 0 Å². The summed E-state index contributed by atoms with van der Waals surface area (Å²) in [6, 6.07) is 5.77. The summed E-state index contributed by atoms with van der Waals surface area (Å²) < 4.78 is 11.4. The van der Waals surface area contributed by atoms with Gasteiger partial charge in [0.25, 0.3) is 0 Å². The summed E-state index contributed by atoms with van der Waals surface area (Å²) >= 11 is 0. The van der Waals surface area contributed by atoms with Crippen molar-refractivity contribution in [1.29, 1.82) is 0 Å². The molecule has 7 nitrogen and oxygen atoms in total. The molecule has 28 heavy (non-hydrogen) atoms. The molecule has 1 fully saturated rings. The lowest BCUT2D eigenvalue weighted by atomic mass is 9.91. The zero-order valence-electron chi connectivity index (χ0n) is 17.1. The molecule has 160 valence electrons. The lowest BCUT2D eigenvalue weighted by molar-refractivity contribution is -0.277. The number of aliphatic hydroxyl groups excluding tert-OH is 4. The van der Waals surface area contributed by atoms with E-state index in [1.807, 2.05) is 25.1 Å². The summed E-state index contributed by atoms with van der Waals surface area (Å²) in [5, 5.41) is 49.4. The van der Waals surface area contributed by atoms with Crippen LogP contribution in [0.25, 0.3) is 0 Å². The minimum Gasteiger partial charge on any atom is -0.462 e. The highest BCUT2D eigenvalue weighted by molar-refractivity contribution is 5.39. The monoisotopic (exact) mass is 398 g/mol. The van der Waals surface area contributed by atoms with E-state index in [1.54, 1.807) is 13.8 Å². The number of benzene rings is 1. The molecule has 6 atom stereocenters. The fourth-order valence-electron chi connectivity index (χ4n) is 3.44. The number of ether oxygens (including phenoxy) is 2. The molecule has 0 amide bonds. The largest absolute Gasteiger partial charge is 0.462 e. The van der Waals surface area contributed by atoms with E-state index in [1.165, 1.54) is 0 Å². The first-order valence-corrected chi connectivity index (χ1v) is 9.83. The van der Waals surface area contributed by atoms with E-state index < -0.39 is 42.9 Å². The molecule has 2 rings (SSSR count). The molecule has 5 N–H and O–H groups in total. The van der Waals surface area contributed by atoms with Crippen LogP contribution < -0.4 is 4.74 Å². The number of rotatable bonds is 8. The summed E-state index contributed by atoms with van der Waals surface area (Å²) in [7, 11) is 0. The van der Waals surface area contributed by atoms with Crippen LogP contribution in [-0.2, 0) is 4.74 Å². The zero-order valence-corrected chi connectivity index (χ0v) is 17.1. The van der Waals surface area contributed by atoms with Crippen molar-refractivity contribution in [3.8, 4) is 5.75 Å². The van der Waals surface area contributed by atoms with Gasteiger partial charge in [0.15, 0.2) is 0 Å². The summed E-state index contributed by atoms with van der Waals surface area (Å²) in [5.41, 5.74) is 1.19. The van der Waals surface area contributed by atoms with Gasteiger partial charge in [0, 0.05) is 0 Å². The number of hydrogen-bond donors (Lipinski definition) is 5. The van der Waals surface area contributed by atoms with Gasteiger partial charge in [-0.1, -0.05) is 25.5 Å². The summed E-state index contributed by atoms with van der Waals surface area (Å²) in [4.78, 5) is 0. The molecular weight excluding hydrogens is 364 g/mol. The van der Waals surface area contributed by atoms with Crippen molar-refractivity contribution in [3.63, 3.8) is 0 Å². The van der Waals surface area contributed by atoms with Gasteiger partial charge in [0.05, 0.1) is 12.2 Å². The average Bonchev–Trinajstić information content (AvgIpc) is 2.61. The van der Waals surface area contributed by atoms with Crippen molar-refractivity contribution in [2.45, 2.75) is 89.2 Å². The maximum atomic E-state index is 10.2. The van der Waals surface area contributed by atoms with Gasteiger partial charge >= 0.3 is 0 Å². The summed E-state index contributed by atoms with van der Waals surface area (Å²) in [6.07, 6.45) is -4.19. The van der Waals surface area contributed by atoms with Crippen LogP contribution in [0.4, 0.5) is 0 Å². The van der Waals surface area contributed by atoms with E-state index in [4.69, 9.17) is 9.47 Å². The lowest BCUT2D eigenvalue weighted by Crippen LogP contribution is -2.60. The molecule has 0 aromatic heterocycles. The molecule has 1 heterocycles. The Balaban J connectivity index is 2.15. The van der Waals surface area contributed by atoms with E-state index in [9.17, 15) is 25.5 Å². The predicted octanol–water partition coefficient (Wildman–Crippen LogP) is 1.22.